The molecule has 0 aliphatic carbocycles. The van der Waals surface area contributed by atoms with Gasteiger partial charge in [0.25, 0.3) is 0 Å². The van der Waals surface area contributed by atoms with Gasteiger partial charge in [-0.1, -0.05) is 164 Å². The molecule has 12 rings (SSSR count). The van der Waals surface area contributed by atoms with E-state index in [-0.39, 0.29) is 6.17 Å². The molecule has 1 aliphatic heterocycles. The average Bonchev–Trinajstić information content (AvgIpc) is 3.90. The molecule has 0 saturated carbocycles. The van der Waals surface area contributed by atoms with Crippen LogP contribution in [0.4, 0.5) is 0 Å². The van der Waals surface area contributed by atoms with Crippen molar-refractivity contribution in [3.63, 3.8) is 0 Å². The summed E-state index contributed by atoms with van der Waals surface area (Å²) >= 11 is 0. The van der Waals surface area contributed by atoms with Gasteiger partial charge in [-0.05, 0) is 88.0 Å². The molecular weight excluding hydrogens is 757 g/mol. The number of aromatic nitrogens is 1. The molecule has 5 heteroatoms. The molecule has 0 fully saturated rings. The van der Waals surface area contributed by atoms with Crippen molar-refractivity contribution in [3.05, 3.63) is 235 Å². The van der Waals surface area contributed by atoms with E-state index < -0.39 is 0 Å². The van der Waals surface area contributed by atoms with Crippen LogP contribution in [0.3, 0.4) is 0 Å². The smallest absolute Gasteiger partial charge is 0.159 e. The Hall–Kier alpha value is -8.28. The van der Waals surface area contributed by atoms with Crippen molar-refractivity contribution in [1.82, 2.24) is 9.88 Å². The molecule has 62 heavy (non-hydrogen) atoms. The van der Waals surface area contributed by atoms with Crippen LogP contribution >= 0.6 is 0 Å². The Labute approximate surface area is 358 Å². The fourth-order valence-electron chi connectivity index (χ4n) is 9.05. The van der Waals surface area contributed by atoms with Crippen molar-refractivity contribution < 1.29 is 4.42 Å². The zero-order valence-electron chi connectivity index (χ0n) is 33.6. The van der Waals surface area contributed by atoms with E-state index in [2.05, 4.69) is 180 Å². The molecule has 11 aromatic rings. The number of furan rings is 1. The van der Waals surface area contributed by atoms with Gasteiger partial charge in [0, 0.05) is 43.9 Å². The predicted octanol–water partition coefficient (Wildman–Crippen LogP) is 14.2. The lowest BCUT2D eigenvalue weighted by molar-refractivity contribution is 0.669. The minimum atomic E-state index is -0.371. The van der Waals surface area contributed by atoms with Crippen LogP contribution in [0.2, 0.25) is 0 Å². The van der Waals surface area contributed by atoms with Crippen LogP contribution in [-0.4, -0.2) is 16.2 Å². The third-order valence-corrected chi connectivity index (χ3v) is 12.0. The lowest BCUT2D eigenvalue weighted by Gasteiger charge is -2.24. The molecule has 0 saturated heterocycles. The maximum absolute atomic E-state index is 6.22. The van der Waals surface area contributed by atoms with Crippen molar-refractivity contribution in [2.45, 2.75) is 6.17 Å². The maximum atomic E-state index is 6.22. The highest BCUT2D eigenvalue weighted by atomic mass is 16.3. The number of amidine groups is 2. The van der Waals surface area contributed by atoms with E-state index in [0.29, 0.717) is 5.84 Å². The van der Waals surface area contributed by atoms with Crippen LogP contribution in [0.15, 0.2) is 233 Å². The number of aliphatic imine (C=N–C) groups is 2. The zero-order valence-corrected chi connectivity index (χ0v) is 33.6. The van der Waals surface area contributed by atoms with Gasteiger partial charge < -0.3 is 14.3 Å². The highest BCUT2D eigenvalue weighted by Crippen LogP contribution is 2.43. The first-order chi connectivity index (χ1) is 30.7. The lowest BCUT2D eigenvalue weighted by Crippen LogP contribution is -2.33. The van der Waals surface area contributed by atoms with Crippen LogP contribution in [0, 0.1) is 0 Å². The van der Waals surface area contributed by atoms with Crippen molar-refractivity contribution in [1.29, 1.82) is 0 Å². The molecule has 0 spiro atoms. The number of para-hydroxylation sites is 1. The number of benzene rings is 9. The van der Waals surface area contributed by atoms with Crippen molar-refractivity contribution in [3.8, 4) is 39.1 Å². The molecule has 1 unspecified atom stereocenters. The quantitative estimate of drug-likeness (QED) is 0.175. The van der Waals surface area contributed by atoms with E-state index in [1.807, 2.05) is 48.5 Å². The first-order valence-electron chi connectivity index (χ1n) is 21.0. The van der Waals surface area contributed by atoms with E-state index in [0.717, 1.165) is 83.4 Å². The van der Waals surface area contributed by atoms with Crippen molar-refractivity contribution in [2.75, 3.05) is 0 Å². The van der Waals surface area contributed by atoms with E-state index in [4.69, 9.17) is 14.4 Å². The van der Waals surface area contributed by atoms with Gasteiger partial charge in [-0.15, -0.1) is 0 Å². The Balaban J connectivity index is 1.08. The molecule has 0 amide bonds. The van der Waals surface area contributed by atoms with Crippen LogP contribution < -0.4 is 5.32 Å². The normalized spacial score (nSPS) is 14.0. The van der Waals surface area contributed by atoms with Gasteiger partial charge >= 0.3 is 0 Å². The third-order valence-electron chi connectivity index (χ3n) is 12.0. The fourth-order valence-corrected chi connectivity index (χ4v) is 9.05. The molecule has 292 valence electrons. The van der Waals surface area contributed by atoms with Gasteiger partial charge in [0.15, 0.2) is 5.84 Å². The Bertz CT molecular complexity index is 3530. The maximum Gasteiger partial charge on any atom is 0.159 e. The first-order valence-corrected chi connectivity index (χ1v) is 21.0. The summed E-state index contributed by atoms with van der Waals surface area (Å²) in [5, 5.41) is 8.28. The standard InChI is InChI=1S/C57H38N4O/c1-5-16-37(17-6-1)44-35-47(38-18-7-2-8-19-38)54-50(36-44)48-33-41(42-29-31-53-49(34-42)46-26-13-14-27-52(46)62-53)28-30-51(48)61(54)45-25-15-24-43(32-45)57-59-55(39-20-9-3-10-21-39)58-56(60-57)40-22-11-4-12-23-40/h1-36,57H,(H,58,59,60). The minimum absolute atomic E-state index is 0.371. The number of nitrogens with zero attached hydrogens (tertiary/aromatic N) is 3. The fraction of sp³-hybridized carbons (Fsp3) is 0.0175. The van der Waals surface area contributed by atoms with Gasteiger partial charge in [0.2, 0.25) is 0 Å². The van der Waals surface area contributed by atoms with Crippen LogP contribution in [0.1, 0.15) is 22.9 Å². The second-order valence-corrected chi connectivity index (χ2v) is 15.8. The van der Waals surface area contributed by atoms with E-state index in [9.17, 15) is 0 Å². The van der Waals surface area contributed by atoms with Gasteiger partial charge in [-0.25, -0.2) is 9.98 Å². The van der Waals surface area contributed by atoms with Gasteiger partial charge in [0.1, 0.15) is 23.2 Å². The summed E-state index contributed by atoms with van der Waals surface area (Å²) in [5.74, 6) is 1.49. The van der Waals surface area contributed by atoms with Crippen molar-refractivity contribution >= 4 is 55.4 Å². The summed E-state index contributed by atoms with van der Waals surface area (Å²) in [6, 6.07) is 77.2. The molecule has 2 aromatic heterocycles. The average molecular weight is 795 g/mol. The molecular formula is C57H38N4O. The SMILES string of the molecule is c1ccc(C2=NC(c3cccc(-n4c5ccc(-c6ccc7oc8ccccc8c7c6)cc5c5cc(-c6ccccc6)cc(-c6ccccc6)c54)c3)NC(c3ccccc3)=N2)cc1. The minimum Gasteiger partial charge on any atom is -0.456 e. The molecule has 0 radical (unpaired) electrons. The number of rotatable bonds is 7. The molecule has 0 bridgehead atoms. The van der Waals surface area contributed by atoms with Crippen LogP contribution in [0.25, 0.3) is 82.8 Å². The van der Waals surface area contributed by atoms with Gasteiger partial charge in [-0.3, -0.25) is 0 Å². The summed E-state index contributed by atoms with van der Waals surface area (Å²) in [4.78, 5) is 10.3. The van der Waals surface area contributed by atoms with Crippen LogP contribution in [0.5, 0.6) is 0 Å². The summed E-state index contributed by atoms with van der Waals surface area (Å²) in [5.41, 5.74) is 15.1. The topological polar surface area (TPSA) is 54.8 Å². The molecule has 9 aromatic carbocycles. The molecule has 5 nitrogen and oxygen atoms in total. The van der Waals surface area contributed by atoms with Crippen molar-refractivity contribution in [2.24, 2.45) is 9.98 Å². The third kappa shape index (κ3) is 6.18. The van der Waals surface area contributed by atoms with Gasteiger partial charge in [-0.2, -0.15) is 0 Å². The summed E-state index contributed by atoms with van der Waals surface area (Å²) in [6.45, 7) is 0. The number of nitrogens with one attached hydrogen (secondary N) is 1. The van der Waals surface area contributed by atoms with Gasteiger partial charge in [0.05, 0.1) is 11.0 Å². The van der Waals surface area contributed by atoms with E-state index >= 15 is 0 Å². The summed E-state index contributed by atoms with van der Waals surface area (Å²) < 4.78 is 8.66. The molecule has 3 heterocycles. The second-order valence-electron chi connectivity index (χ2n) is 15.8. The van der Waals surface area contributed by atoms with Crippen LogP contribution in [-0.2, 0) is 0 Å². The Morgan fingerprint density at radius 3 is 1.79 bits per heavy atom. The molecule has 1 atom stereocenters. The van der Waals surface area contributed by atoms with E-state index in [1.54, 1.807) is 0 Å². The highest BCUT2D eigenvalue weighted by molar-refractivity contribution is 6.17. The zero-order chi connectivity index (χ0) is 41.0. The second kappa shape index (κ2) is 14.8. The first kappa shape index (κ1) is 35.6. The molecule has 1 aliphatic rings. The highest BCUT2D eigenvalue weighted by Gasteiger charge is 2.24. The number of fused-ring (bicyclic) bond motifs is 6. The monoisotopic (exact) mass is 794 g/mol. The Morgan fingerprint density at radius 2 is 1.03 bits per heavy atom. The Kier molecular flexibility index (Phi) is 8.49. The Morgan fingerprint density at radius 1 is 0.419 bits per heavy atom. The van der Waals surface area contributed by atoms with E-state index in [1.165, 1.54) is 21.9 Å². The summed E-state index contributed by atoms with van der Waals surface area (Å²) in [7, 11) is 0. The summed E-state index contributed by atoms with van der Waals surface area (Å²) in [6.07, 6.45) is -0.371. The molecule has 1 N–H and O–H groups in total. The lowest BCUT2D eigenvalue weighted by atomic mass is 9.95. The number of hydrogen-bond acceptors (Lipinski definition) is 4. The predicted molar refractivity (Wildman–Crippen MR) is 256 cm³/mol. The largest absolute Gasteiger partial charge is 0.456 e. The number of hydrogen-bond donors (Lipinski definition) is 1.